The number of carbonyl (C=O) groups is 2. The maximum atomic E-state index is 12.0. The third kappa shape index (κ3) is 5.59. The van der Waals surface area contributed by atoms with Crippen molar-refractivity contribution in [1.82, 2.24) is 0 Å². The van der Waals surface area contributed by atoms with E-state index in [2.05, 4.69) is 5.32 Å². The smallest absolute Gasteiger partial charge is 0.344 e. The van der Waals surface area contributed by atoms with Crippen LogP contribution in [0.25, 0.3) is 0 Å². The largest absolute Gasteiger partial charge is 0.482 e. The van der Waals surface area contributed by atoms with Crippen LogP contribution >= 0.6 is 11.6 Å². The lowest BCUT2D eigenvalue weighted by Gasteiger charge is -2.14. The monoisotopic (exact) mass is 347 g/mol. The molecule has 0 saturated heterocycles. The lowest BCUT2D eigenvalue weighted by Crippen LogP contribution is -2.31. The molecule has 1 N–H and O–H groups in total. The molecule has 0 aliphatic rings. The number of hydrogen-bond donors (Lipinski definition) is 1. The van der Waals surface area contributed by atoms with E-state index in [1.54, 1.807) is 30.3 Å². The van der Waals surface area contributed by atoms with Gasteiger partial charge in [0.25, 0.3) is 5.91 Å². The molecule has 126 valence electrons. The van der Waals surface area contributed by atoms with Crippen molar-refractivity contribution in [2.75, 3.05) is 11.9 Å². The summed E-state index contributed by atoms with van der Waals surface area (Å²) < 4.78 is 10.4. The number of aryl methyl sites for hydroxylation is 1. The Bertz CT molecular complexity index is 715. The number of hydrogen-bond acceptors (Lipinski definition) is 4. The van der Waals surface area contributed by atoms with Crippen molar-refractivity contribution in [3.63, 3.8) is 0 Å². The van der Waals surface area contributed by atoms with E-state index in [1.165, 1.54) is 6.92 Å². The number of halogens is 1. The third-order valence-electron chi connectivity index (χ3n) is 3.14. The van der Waals surface area contributed by atoms with Gasteiger partial charge in [0, 0.05) is 10.7 Å². The van der Waals surface area contributed by atoms with Crippen molar-refractivity contribution < 1.29 is 19.1 Å². The first-order valence-corrected chi connectivity index (χ1v) is 7.77. The van der Waals surface area contributed by atoms with Crippen molar-refractivity contribution in [3.05, 3.63) is 59.1 Å². The molecule has 1 amide bonds. The fourth-order valence-electron chi connectivity index (χ4n) is 1.91. The molecule has 0 unspecified atom stereocenters. The highest BCUT2D eigenvalue weighted by atomic mass is 35.5. The molecule has 2 rings (SSSR count). The van der Waals surface area contributed by atoms with Crippen LogP contribution < -0.4 is 10.1 Å². The van der Waals surface area contributed by atoms with E-state index >= 15 is 0 Å². The van der Waals surface area contributed by atoms with Crippen LogP contribution in [-0.4, -0.2) is 24.6 Å². The van der Waals surface area contributed by atoms with Crippen LogP contribution in [0.3, 0.4) is 0 Å². The number of ether oxygens (including phenoxy) is 2. The van der Waals surface area contributed by atoms with E-state index in [0.717, 1.165) is 5.56 Å². The summed E-state index contributed by atoms with van der Waals surface area (Å²) in [4.78, 5) is 23.8. The predicted molar refractivity (Wildman–Crippen MR) is 92.3 cm³/mol. The van der Waals surface area contributed by atoms with Gasteiger partial charge in [0.15, 0.2) is 12.7 Å². The van der Waals surface area contributed by atoms with E-state index in [-0.39, 0.29) is 6.61 Å². The van der Waals surface area contributed by atoms with Crippen LogP contribution in [0.1, 0.15) is 12.5 Å². The summed E-state index contributed by atoms with van der Waals surface area (Å²) in [7, 11) is 0. The second-order valence-corrected chi connectivity index (χ2v) is 5.67. The molecule has 0 heterocycles. The normalized spacial score (nSPS) is 11.5. The van der Waals surface area contributed by atoms with Gasteiger partial charge in [-0.05, 0) is 55.8 Å². The quantitative estimate of drug-likeness (QED) is 0.811. The Balaban J connectivity index is 1.80. The van der Waals surface area contributed by atoms with Gasteiger partial charge in [-0.3, -0.25) is 4.79 Å². The van der Waals surface area contributed by atoms with E-state index < -0.39 is 18.0 Å². The van der Waals surface area contributed by atoms with Gasteiger partial charge in [-0.2, -0.15) is 0 Å². The summed E-state index contributed by atoms with van der Waals surface area (Å²) in [6, 6.07) is 14.0. The standard InChI is InChI=1S/C18H18ClNO4/c1-12-4-3-5-16(10-12)23-11-17(21)24-13(2)18(22)20-15-8-6-14(19)7-9-15/h3-10,13H,11H2,1-2H3,(H,20,22)/t13-/m0/s1. The fraction of sp³-hybridized carbons (Fsp3) is 0.222. The molecule has 0 aliphatic heterocycles. The Morgan fingerprint density at radius 2 is 1.88 bits per heavy atom. The van der Waals surface area contributed by atoms with Crippen molar-refractivity contribution in [1.29, 1.82) is 0 Å². The van der Waals surface area contributed by atoms with Gasteiger partial charge in [0.2, 0.25) is 0 Å². The number of carbonyl (C=O) groups excluding carboxylic acids is 2. The maximum absolute atomic E-state index is 12.0. The van der Waals surface area contributed by atoms with Crippen molar-refractivity contribution in [3.8, 4) is 5.75 Å². The molecule has 0 aliphatic carbocycles. The Kier molecular flexibility index (Phi) is 6.21. The first kappa shape index (κ1) is 17.8. The highest BCUT2D eigenvalue weighted by Gasteiger charge is 2.18. The Morgan fingerprint density at radius 1 is 1.17 bits per heavy atom. The zero-order valence-electron chi connectivity index (χ0n) is 13.4. The minimum atomic E-state index is -0.936. The molecule has 6 heteroatoms. The summed E-state index contributed by atoms with van der Waals surface area (Å²) in [5, 5.41) is 3.21. The maximum Gasteiger partial charge on any atom is 0.344 e. The number of esters is 1. The van der Waals surface area contributed by atoms with E-state index in [0.29, 0.717) is 16.5 Å². The first-order chi connectivity index (χ1) is 11.4. The summed E-state index contributed by atoms with van der Waals surface area (Å²) >= 11 is 5.78. The summed E-state index contributed by atoms with van der Waals surface area (Å²) in [5.41, 5.74) is 1.60. The van der Waals surface area contributed by atoms with Gasteiger partial charge in [-0.25, -0.2) is 4.79 Å². The SMILES string of the molecule is Cc1cccc(OCC(=O)O[C@@H](C)C(=O)Nc2ccc(Cl)cc2)c1. The lowest BCUT2D eigenvalue weighted by molar-refractivity contribution is -0.155. The summed E-state index contributed by atoms with van der Waals surface area (Å²) in [6.07, 6.45) is -0.936. The highest BCUT2D eigenvalue weighted by molar-refractivity contribution is 6.30. The molecule has 24 heavy (non-hydrogen) atoms. The average Bonchev–Trinajstić information content (AvgIpc) is 2.55. The molecule has 0 fully saturated rings. The van der Waals surface area contributed by atoms with Gasteiger partial charge in [0.05, 0.1) is 0 Å². The minimum absolute atomic E-state index is 0.262. The fourth-order valence-corrected chi connectivity index (χ4v) is 2.04. The van der Waals surface area contributed by atoms with Crippen LogP contribution in [0.2, 0.25) is 5.02 Å². The molecule has 5 nitrogen and oxygen atoms in total. The molecular weight excluding hydrogens is 330 g/mol. The van der Waals surface area contributed by atoms with Gasteiger partial charge in [0.1, 0.15) is 5.75 Å². The van der Waals surface area contributed by atoms with Gasteiger partial charge < -0.3 is 14.8 Å². The second kappa shape index (κ2) is 8.36. The van der Waals surface area contributed by atoms with E-state index in [4.69, 9.17) is 21.1 Å². The van der Waals surface area contributed by atoms with Gasteiger partial charge in [-0.1, -0.05) is 23.7 Å². The van der Waals surface area contributed by atoms with Crippen LogP contribution in [0.4, 0.5) is 5.69 Å². The van der Waals surface area contributed by atoms with Gasteiger partial charge in [-0.15, -0.1) is 0 Å². The van der Waals surface area contributed by atoms with Crippen molar-refractivity contribution in [2.45, 2.75) is 20.0 Å². The summed E-state index contributed by atoms with van der Waals surface area (Å²) in [6.45, 7) is 3.16. The van der Waals surface area contributed by atoms with Crippen LogP contribution in [0.15, 0.2) is 48.5 Å². The predicted octanol–water partition coefficient (Wildman–Crippen LogP) is 3.60. The number of anilines is 1. The van der Waals surface area contributed by atoms with Crippen molar-refractivity contribution in [2.24, 2.45) is 0 Å². The molecule has 0 saturated carbocycles. The molecular formula is C18H18ClNO4. The zero-order valence-corrected chi connectivity index (χ0v) is 14.2. The first-order valence-electron chi connectivity index (χ1n) is 7.39. The average molecular weight is 348 g/mol. The van der Waals surface area contributed by atoms with Crippen LogP contribution in [0, 0.1) is 6.92 Å². The molecule has 0 bridgehead atoms. The van der Waals surface area contributed by atoms with Crippen LogP contribution in [-0.2, 0) is 14.3 Å². The van der Waals surface area contributed by atoms with Crippen molar-refractivity contribution >= 4 is 29.2 Å². The topological polar surface area (TPSA) is 64.6 Å². The number of amides is 1. The number of rotatable bonds is 6. The number of nitrogens with one attached hydrogen (secondary N) is 1. The molecule has 0 spiro atoms. The zero-order chi connectivity index (χ0) is 17.5. The number of benzene rings is 2. The molecule has 2 aromatic rings. The lowest BCUT2D eigenvalue weighted by atomic mass is 10.2. The molecule has 1 atom stereocenters. The molecule has 0 aromatic heterocycles. The molecule has 0 radical (unpaired) electrons. The minimum Gasteiger partial charge on any atom is -0.482 e. The van der Waals surface area contributed by atoms with Crippen LogP contribution in [0.5, 0.6) is 5.75 Å². The van der Waals surface area contributed by atoms with E-state index in [1.807, 2.05) is 25.1 Å². The van der Waals surface area contributed by atoms with E-state index in [9.17, 15) is 9.59 Å². The molecule has 2 aromatic carbocycles. The Labute approximate surface area is 145 Å². The Hall–Kier alpha value is -2.53. The highest BCUT2D eigenvalue weighted by Crippen LogP contribution is 2.14. The Morgan fingerprint density at radius 3 is 2.54 bits per heavy atom. The van der Waals surface area contributed by atoms with Gasteiger partial charge >= 0.3 is 5.97 Å². The second-order valence-electron chi connectivity index (χ2n) is 5.23. The third-order valence-corrected chi connectivity index (χ3v) is 3.39. The summed E-state index contributed by atoms with van der Waals surface area (Å²) in [5.74, 6) is -0.471.